The quantitative estimate of drug-likeness (QED) is 0.872. The summed E-state index contributed by atoms with van der Waals surface area (Å²) in [6.45, 7) is 5.44. The van der Waals surface area contributed by atoms with E-state index in [1.165, 1.54) is 47.7 Å². The van der Waals surface area contributed by atoms with Crippen molar-refractivity contribution < 1.29 is 0 Å². The van der Waals surface area contributed by atoms with Gasteiger partial charge >= 0.3 is 0 Å². The molecule has 1 aromatic rings. The van der Waals surface area contributed by atoms with Gasteiger partial charge in [0.25, 0.3) is 0 Å². The summed E-state index contributed by atoms with van der Waals surface area (Å²) in [6, 6.07) is 0. The van der Waals surface area contributed by atoms with Crippen molar-refractivity contribution in [1.29, 1.82) is 0 Å². The molecule has 0 aliphatic heterocycles. The van der Waals surface area contributed by atoms with E-state index in [9.17, 15) is 0 Å². The van der Waals surface area contributed by atoms with Crippen molar-refractivity contribution in [2.45, 2.75) is 46.0 Å². The maximum absolute atomic E-state index is 4.69. The Morgan fingerprint density at radius 3 is 2.50 bits per heavy atom. The van der Waals surface area contributed by atoms with Gasteiger partial charge in [-0.15, -0.1) is 11.3 Å². The van der Waals surface area contributed by atoms with E-state index in [1.807, 2.05) is 11.3 Å². The van der Waals surface area contributed by atoms with Crippen molar-refractivity contribution in [2.75, 3.05) is 13.6 Å². The molecule has 1 N–H and O–H groups in total. The van der Waals surface area contributed by atoms with Crippen molar-refractivity contribution in [1.82, 2.24) is 10.3 Å². The number of aryl methyl sites for hydroxylation is 2. The fourth-order valence-corrected chi connectivity index (χ4v) is 3.96. The molecule has 0 amide bonds. The molecule has 1 aromatic heterocycles. The van der Waals surface area contributed by atoms with Gasteiger partial charge in [-0.05, 0) is 39.2 Å². The van der Waals surface area contributed by atoms with E-state index in [-0.39, 0.29) is 0 Å². The maximum atomic E-state index is 4.69. The summed E-state index contributed by atoms with van der Waals surface area (Å²) in [4.78, 5) is 6.07. The summed E-state index contributed by atoms with van der Waals surface area (Å²) < 4.78 is 0. The molecule has 1 fully saturated rings. The van der Waals surface area contributed by atoms with Gasteiger partial charge in [-0.25, -0.2) is 4.98 Å². The van der Waals surface area contributed by atoms with E-state index in [2.05, 4.69) is 26.2 Å². The molecule has 0 unspecified atom stereocenters. The SMILES string of the molecule is CNCC1(Cc2nc(C)c(C)s2)CCCC1. The number of hydrogen-bond acceptors (Lipinski definition) is 3. The molecule has 0 radical (unpaired) electrons. The molecule has 0 spiro atoms. The Balaban J connectivity index is 2.11. The van der Waals surface area contributed by atoms with E-state index >= 15 is 0 Å². The Labute approximate surface area is 102 Å². The molecule has 1 aliphatic carbocycles. The first-order valence-electron chi connectivity index (χ1n) is 6.23. The standard InChI is InChI=1S/C13H22N2S/c1-10-11(2)16-12(15-10)8-13(9-14-3)6-4-5-7-13/h14H,4-9H2,1-3H3. The molecule has 16 heavy (non-hydrogen) atoms. The lowest BCUT2D eigenvalue weighted by Crippen LogP contribution is -2.32. The second-order valence-electron chi connectivity index (χ2n) is 5.16. The minimum absolute atomic E-state index is 0.492. The fourth-order valence-electron chi connectivity index (χ4n) is 2.85. The van der Waals surface area contributed by atoms with Crippen molar-refractivity contribution in [3.63, 3.8) is 0 Å². The van der Waals surface area contributed by atoms with Crippen LogP contribution in [0.3, 0.4) is 0 Å². The molecule has 1 saturated carbocycles. The molecule has 0 aromatic carbocycles. The highest BCUT2D eigenvalue weighted by atomic mass is 32.1. The van der Waals surface area contributed by atoms with Crippen molar-refractivity contribution in [3.05, 3.63) is 15.6 Å². The van der Waals surface area contributed by atoms with Crippen LogP contribution in [0.15, 0.2) is 0 Å². The van der Waals surface area contributed by atoms with Gasteiger partial charge in [0.2, 0.25) is 0 Å². The van der Waals surface area contributed by atoms with Gasteiger partial charge in [-0.3, -0.25) is 0 Å². The first kappa shape index (κ1) is 12.1. The van der Waals surface area contributed by atoms with Crippen LogP contribution >= 0.6 is 11.3 Å². The van der Waals surface area contributed by atoms with E-state index in [1.54, 1.807) is 0 Å². The Kier molecular flexibility index (Phi) is 3.65. The Hall–Kier alpha value is -0.410. The molecule has 2 rings (SSSR count). The van der Waals surface area contributed by atoms with Crippen LogP contribution in [0.4, 0.5) is 0 Å². The monoisotopic (exact) mass is 238 g/mol. The zero-order valence-corrected chi connectivity index (χ0v) is 11.4. The topological polar surface area (TPSA) is 24.9 Å². The van der Waals surface area contributed by atoms with Gasteiger partial charge < -0.3 is 5.32 Å². The maximum Gasteiger partial charge on any atom is 0.0936 e. The van der Waals surface area contributed by atoms with E-state index in [0.717, 1.165) is 6.54 Å². The number of thiazole rings is 1. The number of nitrogens with one attached hydrogen (secondary N) is 1. The van der Waals surface area contributed by atoms with E-state index in [4.69, 9.17) is 4.98 Å². The van der Waals surface area contributed by atoms with Crippen LogP contribution in [0.2, 0.25) is 0 Å². The third-order valence-corrected chi connectivity index (χ3v) is 4.89. The summed E-state index contributed by atoms with van der Waals surface area (Å²) in [5.74, 6) is 0. The van der Waals surface area contributed by atoms with Crippen LogP contribution in [0.5, 0.6) is 0 Å². The molecule has 0 saturated heterocycles. The highest BCUT2D eigenvalue weighted by Crippen LogP contribution is 2.41. The first-order chi connectivity index (χ1) is 7.65. The molecular formula is C13H22N2S. The molecule has 3 heteroatoms. The smallest absolute Gasteiger partial charge is 0.0936 e. The number of hydrogen-bond donors (Lipinski definition) is 1. The predicted octanol–water partition coefficient (Wildman–Crippen LogP) is 3.08. The Bertz CT molecular complexity index is 331. The molecular weight excluding hydrogens is 216 g/mol. The average molecular weight is 238 g/mol. The predicted molar refractivity (Wildman–Crippen MR) is 70.1 cm³/mol. The highest BCUT2D eigenvalue weighted by Gasteiger charge is 2.34. The van der Waals surface area contributed by atoms with Gasteiger partial charge in [0.05, 0.1) is 10.7 Å². The van der Waals surface area contributed by atoms with Gasteiger partial charge in [0.1, 0.15) is 0 Å². The largest absolute Gasteiger partial charge is 0.319 e. The molecule has 1 aliphatic rings. The second kappa shape index (κ2) is 4.84. The summed E-state index contributed by atoms with van der Waals surface area (Å²) in [7, 11) is 2.07. The Morgan fingerprint density at radius 1 is 1.31 bits per heavy atom. The van der Waals surface area contributed by atoms with E-state index in [0.29, 0.717) is 5.41 Å². The van der Waals surface area contributed by atoms with Crippen molar-refractivity contribution in [2.24, 2.45) is 5.41 Å². The number of aromatic nitrogens is 1. The minimum atomic E-state index is 0.492. The van der Waals surface area contributed by atoms with Crippen LogP contribution < -0.4 is 5.32 Å². The van der Waals surface area contributed by atoms with Crippen LogP contribution in [-0.4, -0.2) is 18.6 Å². The van der Waals surface area contributed by atoms with E-state index < -0.39 is 0 Å². The Morgan fingerprint density at radius 2 is 2.00 bits per heavy atom. The lowest BCUT2D eigenvalue weighted by Gasteiger charge is -2.27. The lowest BCUT2D eigenvalue weighted by atomic mass is 9.83. The van der Waals surface area contributed by atoms with Gasteiger partial charge in [0.15, 0.2) is 0 Å². The van der Waals surface area contributed by atoms with Crippen molar-refractivity contribution in [3.8, 4) is 0 Å². The summed E-state index contributed by atoms with van der Waals surface area (Å²) in [6.07, 6.45) is 6.69. The third-order valence-electron chi connectivity index (χ3n) is 3.82. The van der Waals surface area contributed by atoms with Gasteiger partial charge in [-0.1, -0.05) is 12.8 Å². The first-order valence-corrected chi connectivity index (χ1v) is 7.04. The number of nitrogens with zero attached hydrogens (tertiary/aromatic N) is 1. The molecule has 90 valence electrons. The third kappa shape index (κ3) is 2.46. The normalized spacial score (nSPS) is 19.2. The molecule has 2 nitrogen and oxygen atoms in total. The second-order valence-corrected chi connectivity index (χ2v) is 6.45. The number of rotatable bonds is 4. The molecule has 1 heterocycles. The van der Waals surface area contributed by atoms with Crippen molar-refractivity contribution >= 4 is 11.3 Å². The molecule has 0 bridgehead atoms. The van der Waals surface area contributed by atoms with Gasteiger partial charge in [0, 0.05) is 17.8 Å². The van der Waals surface area contributed by atoms with Gasteiger partial charge in [-0.2, -0.15) is 0 Å². The van der Waals surface area contributed by atoms with Crippen LogP contribution in [0.25, 0.3) is 0 Å². The summed E-state index contributed by atoms with van der Waals surface area (Å²) in [5.41, 5.74) is 1.71. The molecule has 0 atom stereocenters. The summed E-state index contributed by atoms with van der Waals surface area (Å²) in [5, 5.41) is 4.71. The van der Waals surface area contributed by atoms with Crippen LogP contribution in [-0.2, 0) is 6.42 Å². The minimum Gasteiger partial charge on any atom is -0.319 e. The zero-order valence-electron chi connectivity index (χ0n) is 10.6. The lowest BCUT2D eigenvalue weighted by molar-refractivity contribution is 0.285. The van der Waals surface area contributed by atoms with Crippen LogP contribution in [0, 0.1) is 19.3 Å². The fraction of sp³-hybridized carbons (Fsp3) is 0.769. The van der Waals surface area contributed by atoms with Crippen LogP contribution in [0.1, 0.15) is 41.3 Å². The summed E-state index contributed by atoms with van der Waals surface area (Å²) >= 11 is 1.89. The zero-order chi connectivity index (χ0) is 11.6. The average Bonchev–Trinajstić information content (AvgIpc) is 2.77. The highest BCUT2D eigenvalue weighted by molar-refractivity contribution is 7.11.